The molecule has 4 fully saturated rings. The van der Waals surface area contributed by atoms with Gasteiger partial charge in [-0.1, -0.05) is 0 Å². The van der Waals surface area contributed by atoms with Gasteiger partial charge in [0.2, 0.25) is 0 Å². The van der Waals surface area contributed by atoms with Crippen LogP contribution in [0.15, 0.2) is 0 Å². The first-order chi connectivity index (χ1) is 10.3. The van der Waals surface area contributed by atoms with Crippen molar-refractivity contribution in [3.05, 3.63) is 0 Å². The minimum atomic E-state index is -4.09. The summed E-state index contributed by atoms with van der Waals surface area (Å²) in [4.78, 5) is 38.0. The molecule has 4 rings (SSSR count). The van der Waals surface area contributed by atoms with E-state index in [0.717, 1.165) is 12.8 Å². The molecule has 4 aliphatic rings. The molecule has 0 aliphatic heterocycles. The van der Waals surface area contributed by atoms with E-state index in [9.17, 15) is 23.2 Å². The molecule has 122 valence electrons. The smallest absolute Gasteiger partial charge is 0.414 e. The van der Waals surface area contributed by atoms with E-state index in [1.165, 1.54) is 0 Å². The molecule has 22 heavy (non-hydrogen) atoms. The van der Waals surface area contributed by atoms with Crippen molar-refractivity contribution in [1.29, 1.82) is 0 Å². The monoisotopic (exact) mass is 318 g/mol. The Bertz CT molecular complexity index is 513. The van der Waals surface area contributed by atoms with Crippen LogP contribution in [0.5, 0.6) is 0 Å². The van der Waals surface area contributed by atoms with E-state index >= 15 is 0 Å². The number of alkyl halides is 2. The summed E-state index contributed by atoms with van der Waals surface area (Å²) in [6.45, 7) is -1.47. The average Bonchev–Trinajstić information content (AvgIpc) is 2.48. The summed E-state index contributed by atoms with van der Waals surface area (Å²) in [6, 6.07) is 0. The summed E-state index contributed by atoms with van der Waals surface area (Å²) in [6.07, 6.45) is 2.75. The summed E-state index contributed by atoms with van der Waals surface area (Å²) < 4.78 is 31.1. The van der Waals surface area contributed by atoms with Gasteiger partial charge in [0.05, 0.1) is 5.41 Å². The minimum absolute atomic E-state index is 0.175. The molecule has 0 saturated heterocycles. The molecular weight excluding hydrogens is 302 g/mol. The Labute approximate surface area is 124 Å². The van der Waals surface area contributed by atoms with Gasteiger partial charge in [0.1, 0.15) is 5.78 Å². The molecular formula is C14H16F2O6. The molecule has 0 radical (unpaired) electrons. The number of hydrogen-bond acceptors (Lipinski definition) is 6. The van der Waals surface area contributed by atoms with Gasteiger partial charge in [-0.15, -0.1) is 0 Å². The predicted octanol–water partition coefficient (Wildman–Crippen LogP) is 1.58. The molecule has 0 aromatic carbocycles. The van der Waals surface area contributed by atoms with Gasteiger partial charge in [0.15, 0.2) is 6.61 Å². The first-order valence-corrected chi connectivity index (χ1v) is 7.22. The van der Waals surface area contributed by atoms with Crippen molar-refractivity contribution < 1.29 is 38.0 Å². The fourth-order valence-corrected chi connectivity index (χ4v) is 4.43. The Morgan fingerprint density at radius 1 is 1.23 bits per heavy atom. The first kappa shape index (κ1) is 15.3. The van der Waals surface area contributed by atoms with E-state index < -0.39 is 29.9 Å². The number of halogens is 2. The van der Waals surface area contributed by atoms with E-state index in [4.69, 9.17) is 5.26 Å². The lowest BCUT2D eigenvalue weighted by Crippen LogP contribution is -2.55. The van der Waals surface area contributed by atoms with E-state index in [1.807, 2.05) is 0 Å². The Morgan fingerprint density at radius 2 is 1.82 bits per heavy atom. The summed E-state index contributed by atoms with van der Waals surface area (Å²) >= 11 is 0. The van der Waals surface area contributed by atoms with Crippen molar-refractivity contribution in [1.82, 2.24) is 0 Å². The molecule has 0 amide bonds. The maximum absolute atomic E-state index is 13.2. The third kappa shape index (κ3) is 2.29. The van der Waals surface area contributed by atoms with Gasteiger partial charge < -0.3 is 4.74 Å². The van der Waals surface area contributed by atoms with Crippen LogP contribution in [0.3, 0.4) is 0 Å². The minimum Gasteiger partial charge on any atom is -0.458 e. The van der Waals surface area contributed by atoms with Gasteiger partial charge in [0, 0.05) is 11.8 Å². The zero-order valence-corrected chi connectivity index (χ0v) is 11.7. The van der Waals surface area contributed by atoms with Crippen LogP contribution >= 0.6 is 0 Å². The molecule has 2 unspecified atom stereocenters. The predicted molar refractivity (Wildman–Crippen MR) is 65.6 cm³/mol. The van der Waals surface area contributed by atoms with Crippen LogP contribution in [0.25, 0.3) is 0 Å². The highest BCUT2D eigenvalue weighted by Crippen LogP contribution is 2.59. The fourth-order valence-electron chi connectivity index (χ4n) is 4.43. The Balaban J connectivity index is 1.68. The number of rotatable bonds is 4. The molecule has 0 spiro atoms. The van der Waals surface area contributed by atoms with Crippen molar-refractivity contribution in [2.45, 2.75) is 38.0 Å². The Hall–Kier alpha value is -1.57. The maximum atomic E-state index is 13.2. The molecule has 6 nitrogen and oxygen atoms in total. The lowest BCUT2D eigenvalue weighted by atomic mass is 9.49. The number of ketones is 1. The highest BCUT2D eigenvalue weighted by atomic mass is 19.3. The molecule has 4 saturated carbocycles. The molecule has 0 heterocycles. The normalized spacial score (nSPS) is 36.3. The summed E-state index contributed by atoms with van der Waals surface area (Å²) in [7, 11) is 0. The quantitative estimate of drug-likeness (QED) is 0.481. The SMILES string of the molecule is O=C1C2CC3CC1CC(C(=O)OCC(F)(F)C(=O)OO)(C3)C2. The molecule has 4 bridgehead atoms. The van der Waals surface area contributed by atoms with Crippen LogP contribution in [0.2, 0.25) is 0 Å². The lowest BCUT2D eigenvalue weighted by molar-refractivity contribution is -0.260. The van der Waals surface area contributed by atoms with Gasteiger partial charge in [0.25, 0.3) is 0 Å². The largest absolute Gasteiger partial charge is 0.458 e. The average molecular weight is 318 g/mol. The summed E-state index contributed by atoms with van der Waals surface area (Å²) in [5, 5.41) is 7.99. The van der Waals surface area contributed by atoms with Crippen LogP contribution < -0.4 is 0 Å². The molecule has 8 heteroatoms. The van der Waals surface area contributed by atoms with Crippen LogP contribution in [0.1, 0.15) is 32.1 Å². The topological polar surface area (TPSA) is 89.9 Å². The van der Waals surface area contributed by atoms with Gasteiger partial charge in [-0.3, -0.25) is 14.5 Å². The second-order valence-corrected chi connectivity index (χ2v) is 6.69. The second kappa shape index (κ2) is 4.97. The van der Waals surface area contributed by atoms with Crippen LogP contribution in [-0.2, 0) is 24.0 Å². The standard InChI is InChI=1S/C14H16F2O6/c15-14(16,12(19)22-20)6-21-11(18)13-3-7-1-8(4-13)10(17)9(2-7)5-13/h7-9,20H,1-6H2. The molecule has 4 aliphatic carbocycles. The van der Waals surface area contributed by atoms with E-state index in [2.05, 4.69) is 9.62 Å². The number of carbonyl (C=O) groups excluding carboxylic acids is 3. The van der Waals surface area contributed by atoms with Crippen LogP contribution in [-0.4, -0.2) is 35.5 Å². The van der Waals surface area contributed by atoms with Crippen molar-refractivity contribution in [3.8, 4) is 0 Å². The Kier molecular flexibility index (Phi) is 3.47. The molecule has 2 atom stereocenters. The third-order valence-corrected chi connectivity index (χ3v) is 5.19. The highest BCUT2D eigenvalue weighted by Gasteiger charge is 2.59. The van der Waals surface area contributed by atoms with Crippen molar-refractivity contribution in [2.24, 2.45) is 23.2 Å². The third-order valence-electron chi connectivity index (χ3n) is 5.19. The highest BCUT2D eigenvalue weighted by molar-refractivity contribution is 5.89. The maximum Gasteiger partial charge on any atom is 0.414 e. The van der Waals surface area contributed by atoms with Crippen molar-refractivity contribution in [2.75, 3.05) is 6.61 Å². The van der Waals surface area contributed by atoms with Gasteiger partial charge in [-0.2, -0.15) is 14.0 Å². The van der Waals surface area contributed by atoms with Crippen LogP contribution in [0.4, 0.5) is 8.78 Å². The van der Waals surface area contributed by atoms with Crippen molar-refractivity contribution >= 4 is 17.7 Å². The second-order valence-electron chi connectivity index (χ2n) is 6.69. The van der Waals surface area contributed by atoms with Crippen molar-refractivity contribution in [3.63, 3.8) is 0 Å². The zero-order chi connectivity index (χ0) is 16.1. The van der Waals surface area contributed by atoms with E-state index in [-0.39, 0.29) is 23.5 Å². The summed E-state index contributed by atoms with van der Waals surface area (Å²) in [5.74, 6) is -6.98. The van der Waals surface area contributed by atoms with Gasteiger partial charge in [-0.05, 0) is 38.0 Å². The summed E-state index contributed by atoms with van der Waals surface area (Å²) in [5.41, 5.74) is -0.885. The van der Waals surface area contributed by atoms with Crippen LogP contribution in [0, 0.1) is 23.2 Å². The van der Waals surface area contributed by atoms with Gasteiger partial charge >= 0.3 is 17.9 Å². The fraction of sp³-hybridized carbons (Fsp3) is 0.786. The molecule has 1 N–H and O–H groups in total. The lowest BCUT2D eigenvalue weighted by Gasteiger charge is -2.53. The zero-order valence-electron chi connectivity index (χ0n) is 11.7. The first-order valence-electron chi connectivity index (χ1n) is 7.22. The number of carbonyl (C=O) groups is 3. The number of hydrogen-bond donors (Lipinski definition) is 1. The van der Waals surface area contributed by atoms with E-state index in [1.54, 1.807) is 0 Å². The molecule has 0 aromatic rings. The number of esters is 1. The number of ether oxygens (including phenoxy) is 1. The molecule has 0 aromatic heterocycles. The van der Waals surface area contributed by atoms with Gasteiger partial charge in [-0.25, -0.2) is 4.79 Å². The Morgan fingerprint density at radius 3 is 2.36 bits per heavy atom. The van der Waals surface area contributed by atoms with E-state index in [0.29, 0.717) is 19.3 Å². The number of Topliss-reactive ketones (excluding diaryl/α,β-unsaturated/α-hetero) is 1.